The topological polar surface area (TPSA) is 66.4 Å². The van der Waals surface area contributed by atoms with E-state index in [1.165, 1.54) is 6.08 Å². The van der Waals surface area contributed by atoms with Gasteiger partial charge in [0.15, 0.2) is 0 Å². The fourth-order valence-corrected chi connectivity index (χ4v) is 2.06. The summed E-state index contributed by atoms with van der Waals surface area (Å²) in [4.78, 5) is 22.6. The molecule has 1 aliphatic rings. The summed E-state index contributed by atoms with van der Waals surface area (Å²) in [6.45, 7) is 2.07. The molecule has 1 rings (SSSR count). The second-order valence-corrected chi connectivity index (χ2v) is 5.97. The zero-order valence-corrected chi connectivity index (χ0v) is 11.7. The van der Waals surface area contributed by atoms with Crippen LogP contribution in [0.3, 0.4) is 0 Å². The normalized spacial score (nSPS) is 21.5. The van der Waals surface area contributed by atoms with Crippen LogP contribution >= 0.6 is 23.2 Å². The van der Waals surface area contributed by atoms with E-state index in [1.807, 2.05) is 0 Å². The lowest BCUT2D eigenvalue weighted by molar-refractivity contribution is -0.134. The molecule has 1 unspecified atom stereocenters. The third kappa shape index (κ3) is 4.50. The predicted octanol–water partition coefficient (Wildman–Crippen LogP) is 2.85. The lowest BCUT2D eigenvalue weighted by Gasteiger charge is -2.06. The average molecular weight is 294 g/mol. The van der Waals surface area contributed by atoms with Crippen molar-refractivity contribution in [1.82, 2.24) is 5.32 Å². The number of carboxylic acids is 1. The van der Waals surface area contributed by atoms with Crippen molar-refractivity contribution in [2.24, 2.45) is 5.92 Å². The van der Waals surface area contributed by atoms with Crippen LogP contribution < -0.4 is 5.32 Å². The average Bonchev–Trinajstić information content (AvgIpc) is 2.92. The number of hydrogen-bond donors (Lipinski definition) is 2. The zero-order valence-electron chi connectivity index (χ0n) is 10.2. The number of unbranched alkanes of at least 4 members (excludes halogenated alkanes) is 3. The quantitative estimate of drug-likeness (QED) is 0.431. The number of allylic oxidation sites excluding steroid dienone is 1. The maximum Gasteiger partial charge on any atom is 0.352 e. The lowest BCUT2D eigenvalue weighted by atomic mass is 10.2. The van der Waals surface area contributed by atoms with Crippen LogP contribution in [0.2, 0.25) is 0 Å². The Balaban J connectivity index is 2.48. The van der Waals surface area contributed by atoms with Crippen LogP contribution in [0.4, 0.5) is 0 Å². The summed E-state index contributed by atoms with van der Waals surface area (Å²) in [5.41, 5.74) is -0.0906. The number of amides is 1. The fourth-order valence-electron chi connectivity index (χ4n) is 1.55. The van der Waals surface area contributed by atoms with Crippen LogP contribution in [-0.2, 0) is 9.59 Å². The van der Waals surface area contributed by atoms with Crippen molar-refractivity contribution < 1.29 is 14.7 Å². The molecule has 1 saturated carbocycles. The summed E-state index contributed by atoms with van der Waals surface area (Å²) in [6.07, 6.45) is 5.53. The molecule has 1 amide bonds. The molecule has 6 heteroatoms. The molecule has 0 saturated heterocycles. The fraction of sp³-hybridized carbons (Fsp3) is 0.667. The minimum Gasteiger partial charge on any atom is -0.477 e. The number of carbonyl (C=O) groups excluding carboxylic acids is 1. The number of carbonyl (C=O) groups is 2. The molecule has 0 heterocycles. The Morgan fingerprint density at radius 3 is 2.50 bits per heavy atom. The molecule has 0 aliphatic heterocycles. The molecule has 0 aromatic carbocycles. The van der Waals surface area contributed by atoms with Crippen LogP contribution in [0.5, 0.6) is 0 Å². The molecule has 0 radical (unpaired) electrons. The summed E-state index contributed by atoms with van der Waals surface area (Å²) in [5, 5.41) is 11.3. The first-order valence-electron chi connectivity index (χ1n) is 6.00. The van der Waals surface area contributed by atoms with Gasteiger partial charge in [-0.15, -0.1) is 23.2 Å². The number of rotatable bonds is 7. The van der Waals surface area contributed by atoms with Gasteiger partial charge in [0, 0.05) is 0 Å². The maximum atomic E-state index is 11.6. The van der Waals surface area contributed by atoms with Crippen molar-refractivity contribution in [2.75, 3.05) is 0 Å². The van der Waals surface area contributed by atoms with E-state index < -0.39 is 22.1 Å². The number of hydrogen-bond acceptors (Lipinski definition) is 2. The van der Waals surface area contributed by atoms with Crippen molar-refractivity contribution >= 4 is 35.1 Å². The Morgan fingerprint density at radius 2 is 2.06 bits per heavy atom. The Morgan fingerprint density at radius 1 is 1.44 bits per heavy atom. The molecule has 1 atom stereocenters. The minimum absolute atomic E-state index is 0.0906. The van der Waals surface area contributed by atoms with Gasteiger partial charge >= 0.3 is 5.97 Å². The number of alkyl halides is 2. The number of halogens is 2. The largest absolute Gasteiger partial charge is 0.477 e. The van der Waals surface area contributed by atoms with Gasteiger partial charge in [-0.05, 0) is 19.3 Å². The Kier molecular flexibility index (Phi) is 5.47. The summed E-state index contributed by atoms with van der Waals surface area (Å²) in [6, 6.07) is 0. The van der Waals surface area contributed by atoms with Crippen LogP contribution in [0.25, 0.3) is 0 Å². The van der Waals surface area contributed by atoms with Gasteiger partial charge in [-0.2, -0.15) is 0 Å². The van der Waals surface area contributed by atoms with E-state index in [9.17, 15) is 9.59 Å². The molecular weight excluding hydrogens is 277 g/mol. The smallest absolute Gasteiger partial charge is 0.352 e. The van der Waals surface area contributed by atoms with Crippen LogP contribution in [-0.4, -0.2) is 21.3 Å². The predicted molar refractivity (Wildman–Crippen MR) is 70.5 cm³/mol. The molecule has 0 spiro atoms. The van der Waals surface area contributed by atoms with Crippen molar-refractivity contribution in [3.05, 3.63) is 11.8 Å². The van der Waals surface area contributed by atoms with E-state index in [2.05, 4.69) is 12.2 Å². The van der Waals surface area contributed by atoms with Gasteiger partial charge in [-0.25, -0.2) is 4.79 Å². The standard InChI is InChI=1S/C12H17Cl2NO3/c1-2-3-4-5-6-9(11(17)18)15-10(16)8-7-12(8,13)14/h6,8H,2-5,7H2,1H3,(H,15,16)(H,17,18)/b9-6-. The number of nitrogens with one attached hydrogen (secondary N) is 1. The molecule has 1 fully saturated rings. The summed E-state index contributed by atoms with van der Waals surface area (Å²) >= 11 is 11.5. The van der Waals surface area contributed by atoms with Gasteiger partial charge in [-0.3, -0.25) is 4.79 Å². The van der Waals surface area contributed by atoms with Gasteiger partial charge < -0.3 is 10.4 Å². The van der Waals surface area contributed by atoms with Crippen molar-refractivity contribution in [3.8, 4) is 0 Å². The molecule has 102 valence electrons. The van der Waals surface area contributed by atoms with Gasteiger partial charge in [0.2, 0.25) is 5.91 Å². The SMILES string of the molecule is CCCCC/C=C(\NC(=O)C1CC1(Cl)Cl)C(=O)O. The van der Waals surface area contributed by atoms with Gasteiger partial charge in [-0.1, -0.05) is 25.8 Å². The Bertz CT molecular complexity index is 366. The second-order valence-electron chi connectivity index (χ2n) is 4.43. The monoisotopic (exact) mass is 293 g/mol. The first-order chi connectivity index (χ1) is 8.38. The maximum absolute atomic E-state index is 11.6. The highest BCUT2D eigenvalue weighted by Crippen LogP contribution is 2.53. The molecule has 0 aromatic rings. The lowest BCUT2D eigenvalue weighted by Crippen LogP contribution is -2.30. The molecule has 0 bridgehead atoms. The molecule has 1 aliphatic carbocycles. The van der Waals surface area contributed by atoms with E-state index >= 15 is 0 Å². The van der Waals surface area contributed by atoms with Crippen LogP contribution in [0.1, 0.15) is 39.0 Å². The van der Waals surface area contributed by atoms with Gasteiger partial charge in [0.05, 0.1) is 5.92 Å². The highest BCUT2D eigenvalue weighted by atomic mass is 35.5. The molecular formula is C12H17Cl2NO3. The van der Waals surface area contributed by atoms with E-state index in [0.717, 1.165) is 19.3 Å². The van der Waals surface area contributed by atoms with E-state index in [0.29, 0.717) is 12.8 Å². The highest BCUT2D eigenvalue weighted by Gasteiger charge is 2.56. The highest BCUT2D eigenvalue weighted by molar-refractivity contribution is 6.52. The van der Waals surface area contributed by atoms with E-state index in [1.54, 1.807) is 0 Å². The van der Waals surface area contributed by atoms with Gasteiger partial charge in [0.25, 0.3) is 0 Å². The summed E-state index contributed by atoms with van der Waals surface area (Å²) in [7, 11) is 0. The molecule has 4 nitrogen and oxygen atoms in total. The van der Waals surface area contributed by atoms with Crippen molar-refractivity contribution in [3.63, 3.8) is 0 Å². The third-order valence-corrected chi connectivity index (χ3v) is 3.62. The third-order valence-electron chi connectivity index (χ3n) is 2.79. The molecule has 18 heavy (non-hydrogen) atoms. The Labute approximate surface area is 116 Å². The minimum atomic E-state index is -1.14. The number of carboxylic acid groups (broad SMARTS) is 1. The van der Waals surface area contributed by atoms with E-state index in [4.69, 9.17) is 28.3 Å². The van der Waals surface area contributed by atoms with Crippen molar-refractivity contribution in [2.45, 2.75) is 43.4 Å². The second kappa shape index (κ2) is 6.43. The summed E-state index contributed by atoms with van der Waals surface area (Å²) < 4.78 is -1.03. The summed E-state index contributed by atoms with van der Waals surface area (Å²) in [5.74, 6) is -2.08. The van der Waals surface area contributed by atoms with Crippen LogP contribution in [0, 0.1) is 5.92 Å². The zero-order chi connectivity index (χ0) is 13.8. The van der Waals surface area contributed by atoms with Crippen molar-refractivity contribution in [1.29, 1.82) is 0 Å². The first kappa shape index (κ1) is 15.3. The van der Waals surface area contributed by atoms with E-state index in [-0.39, 0.29) is 5.70 Å². The number of aliphatic carboxylic acids is 1. The first-order valence-corrected chi connectivity index (χ1v) is 6.76. The molecule has 0 aromatic heterocycles. The van der Waals surface area contributed by atoms with Gasteiger partial charge in [0.1, 0.15) is 10.0 Å². The Hall–Kier alpha value is -0.740. The van der Waals surface area contributed by atoms with Crippen LogP contribution in [0.15, 0.2) is 11.8 Å². The molecule has 2 N–H and O–H groups in total.